The average molecular weight is 371 g/mol. The fourth-order valence-electron chi connectivity index (χ4n) is 3.79. The van der Waals surface area contributed by atoms with Crippen molar-refractivity contribution in [2.45, 2.75) is 111 Å². The molecule has 26 heavy (non-hydrogen) atoms. The lowest BCUT2D eigenvalue weighted by Crippen LogP contribution is -2.50. The molecule has 4 nitrogen and oxygen atoms in total. The highest BCUT2D eigenvalue weighted by molar-refractivity contribution is 4.80. The summed E-state index contributed by atoms with van der Waals surface area (Å²) in [6.45, 7) is 15.0. The van der Waals surface area contributed by atoms with Gasteiger partial charge in [-0.25, -0.2) is 0 Å². The Bertz CT molecular complexity index is 291. The summed E-state index contributed by atoms with van der Waals surface area (Å²) in [6.07, 6.45) is 15.7. The molecule has 156 valence electrons. The smallest absolute Gasteiger partial charge is 0.0786 e. The van der Waals surface area contributed by atoms with Crippen LogP contribution in [0.1, 0.15) is 111 Å². The number of nitrogens with zero attached hydrogens (tertiary/aromatic N) is 2. The van der Waals surface area contributed by atoms with Crippen LogP contribution in [0.5, 0.6) is 0 Å². The molecular weight excluding hydrogens is 324 g/mol. The summed E-state index contributed by atoms with van der Waals surface area (Å²) in [5, 5.41) is 10.1. The summed E-state index contributed by atoms with van der Waals surface area (Å²) >= 11 is 0. The minimum atomic E-state index is -0.223. The molecule has 0 aromatic heterocycles. The monoisotopic (exact) mass is 370 g/mol. The van der Waals surface area contributed by atoms with E-state index >= 15 is 0 Å². The number of rotatable bonds is 13. The number of nitro groups is 1. The van der Waals surface area contributed by atoms with Crippen molar-refractivity contribution >= 4 is 0 Å². The second-order valence-corrected chi connectivity index (χ2v) is 8.03. The molecule has 0 heterocycles. The molecule has 1 fully saturated rings. The third-order valence-corrected chi connectivity index (χ3v) is 5.63. The number of hydrogen-bond acceptors (Lipinski definition) is 2. The van der Waals surface area contributed by atoms with Gasteiger partial charge in [0.25, 0.3) is 0 Å². The maximum atomic E-state index is 10.1. The molecule has 0 N–H and O–H groups in total. The summed E-state index contributed by atoms with van der Waals surface area (Å²) in [7, 11) is 0. The van der Waals surface area contributed by atoms with Crippen molar-refractivity contribution < 1.29 is 9.41 Å². The molecule has 0 amide bonds. The van der Waals surface area contributed by atoms with Crippen LogP contribution in [-0.2, 0) is 0 Å². The van der Waals surface area contributed by atoms with Crippen LogP contribution < -0.4 is 0 Å². The SMILES string of the molecule is CCCC[N+](CCCC)(CCCC)CCCC.O=[N+]([O-])[C-]1CCCCC1. The van der Waals surface area contributed by atoms with Gasteiger partial charge in [0, 0.05) is 0 Å². The lowest BCUT2D eigenvalue weighted by atomic mass is 9.96. The van der Waals surface area contributed by atoms with E-state index in [1.807, 2.05) is 0 Å². The first-order valence-electron chi connectivity index (χ1n) is 11.4. The Kier molecular flexibility index (Phi) is 15.9. The van der Waals surface area contributed by atoms with E-state index in [2.05, 4.69) is 27.7 Å². The van der Waals surface area contributed by atoms with E-state index in [0.29, 0.717) is 18.9 Å². The van der Waals surface area contributed by atoms with Crippen LogP contribution in [0.3, 0.4) is 0 Å². The minimum Gasteiger partial charge on any atom is -0.324 e. The number of quaternary nitrogens is 1. The van der Waals surface area contributed by atoms with E-state index in [0.717, 1.165) is 19.3 Å². The Hall–Kier alpha value is -0.770. The van der Waals surface area contributed by atoms with E-state index < -0.39 is 0 Å². The van der Waals surface area contributed by atoms with Crippen LogP contribution in [0.15, 0.2) is 0 Å². The molecule has 4 heteroatoms. The Morgan fingerprint density at radius 2 is 1.08 bits per heavy atom. The molecule has 0 radical (unpaired) electrons. The fourth-order valence-corrected chi connectivity index (χ4v) is 3.79. The summed E-state index contributed by atoms with van der Waals surface area (Å²) in [6, 6.07) is 0.529. The Balaban J connectivity index is 0.000000577. The van der Waals surface area contributed by atoms with Crippen molar-refractivity contribution in [1.29, 1.82) is 0 Å². The quantitative estimate of drug-likeness (QED) is 0.155. The molecule has 1 aliphatic carbocycles. The molecule has 0 bridgehead atoms. The van der Waals surface area contributed by atoms with Gasteiger partial charge in [0.15, 0.2) is 0 Å². The first kappa shape index (κ1) is 25.2. The highest BCUT2D eigenvalue weighted by Gasteiger charge is 2.24. The number of hydrogen-bond donors (Lipinski definition) is 0. The molecule has 0 unspecified atom stereocenters. The molecule has 0 aliphatic heterocycles. The van der Waals surface area contributed by atoms with Gasteiger partial charge in [-0.15, -0.1) is 17.8 Å². The molecule has 0 aromatic rings. The molecular formula is C22H46N2O2. The van der Waals surface area contributed by atoms with Gasteiger partial charge in [-0.1, -0.05) is 72.6 Å². The van der Waals surface area contributed by atoms with Crippen molar-refractivity contribution in [2.75, 3.05) is 26.2 Å². The molecule has 1 aliphatic rings. The maximum absolute atomic E-state index is 10.1. The van der Waals surface area contributed by atoms with Gasteiger partial charge < -0.3 is 4.48 Å². The summed E-state index contributed by atoms with van der Waals surface area (Å²) in [4.78, 5) is 9.90. The van der Waals surface area contributed by atoms with Gasteiger partial charge in [-0.05, 0) is 31.7 Å². The van der Waals surface area contributed by atoms with Crippen LogP contribution in [-0.4, -0.2) is 35.6 Å². The van der Waals surface area contributed by atoms with Crippen LogP contribution in [0, 0.1) is 16.2 Å². The van der Waals surface area contributed by atoms with Crippen LogP contribution in [0.4, 0.5) is 0 Å². The molecule has 1 rings (SSSR count). The zero-order valence-electron chi connectivity index (χ0n) is 18.2. The highest BCUT2D eigenvalue weighted by atomic mass is 16.6. The van der Waals surface area contributed by atoms with Crippen molar-refractivity contribution in [3.63, 3.8) is 0 Å². The summed E-state index contributed by atoms with van der Waals surface area (Å²) in [5.74, 6) is 0. The number of unbranched alkanes of at least 4 members (excludes halogenated alkanes) is 4. The standard InChI is InChI=1S/C16H36N.C6H10NO2/c1-5-9-13-17(14-10-6-2,15-11-7-3)16-12-8-4;8-7(9)6-4-2-1-3-5-6/h5-16H2,1-4H3;1-5H2/q+1;-1. The maximum Gasteiger partial charge on any atom is 0.0786 e. The average Bonchev–Trinajstić information content (AvgIpc) is 2.68. The van der Waals surface area contributed by atoms with Crippen LogP contribution in [0.2, 0.25) is 0 Å². The Morgan fingerprint density at radius 3 is 1.31 bits per heavy atom. The zero-order valence-corrected chi connectivity index (χ0v) is 18.2. The third-order valence-electron chi connectivity index (χ3n) is 5.63. The van der Waals surface area contributed by atoms with E-state index in [1.54, 1.807) is 0 Å². The fraction of sp³-hybridized carbons (Fsp3) is 0.955. The largest absolute Gasteiger partial charge is 0.324 e. The van der Waals surface area contributed by atoms with Gasteiger partial charge in [0.1, 0.15) is 0 Å². The van der Waals surface area contributed by atoms with Crippen LogP contribution in [0.25, 0.3) is 0 Å². The summed E-state index contributed by atoms with van der Waals surface area (Å²) < 4.78 is 1.42. The molecule has 1 saturated carbocycles. The van der Waals surface area contributed by atoms with Crippen molar-refractivity contribution in [3.8, 4) is 0 Å². The van der Waals surface area contributed by atoms with E-state index in [-0.39, 0.29) is 4.92 Å². The van der Waals surface area contributed by atoms with Crippen molar-refractivity contribution in [1.82, 2.24) is 0 Å². The molecule has 0 aromatic carbocycles. The van der Waals surface area contributed by atoms with Gasteiger partial charge in [0.05, 0.1) is 26.2 Å². The van der Waals surface area contributed by atoms with Crippen molar-refractivity contribution in [2.24, 2.45) is 0 Å². The van der Waals surface area contributed by atoms with E-state index in [9.17, 15) is 10.1 Å². The first-order chi connectivity index (χ1) is 12.5. The molecule has 0 atom stereocenters. The highest BCUT2D eigenvalue weighted by Crippen LogP contribution is 2.25. The van der Waals surface area contributed by atoms with Gasteiger partial charge >= 0.3 is 0 Å². The van der Waals surface area contributed by atoms with Gasteiger partial charge in [-0.3, -0.25) is 10.1 Å². The predicted octanol–water partition coefficient (Wildman–Crippen LogP) is 6.76. The Morgan fingerprint density at radius 1 is 0.731 bits per heavy atom. The van der Waals surface area contributed by atoms with Crippen LogP contribution >= 0.6 is 0 Å². The van der Waals surface area contributed by atoms with E-state index in [1.165, 1.54) is 82.0 Å². The second-order valence-electron chi connectivity index (χ2n) is 8.03. The molecule has 0 spiro atoms. The Labute approximate surface area is 163 Å². The lowest BCUT2D eigenvalue weighted by Gasteiger charge is -2.39. The normalized spacial score (nSPS) is 14.7. The van der Waals surface area contributed by atoms with E-state index in [4.69, 9.17) is 0 Å². The first-order valence-corrected chi connectivity index (χ1v) is 11.4. The topological polar surface area (TPSA) is 43.1 Å². The lowest BCUT2D eigenvalue weighted by molar-refractivity contribution is -0.929. The van der Waals surface area contributed by atoms with Gasteiger partial charge in [0.2, 0.25) is 0 Å². The van der Waals surface area contributed by atoms with Gasteiger partial charge in [-0.2, -0.15) is 0 Å². The molecule has 0 saturated heterocycles. The predicted molar refractivity (Wildman–Crippen MR) is 113 cm³/mol. The second kappa shape index (κ2) is 16.4. The minimum absolute atomic E-state index is 0.223. The third kappa shape index (κ3) is 11.8. The zero-order chi connectivity index (χ0) is 19.7. The van der Waals surface area contributed by atoms with Crippen molar-refractivity contribution in [3.05, 3.63) is 16.2 Å². The summed E-state index contributed by atoms with van der Waals surface area (Å²) in [5.41, 5.74) is 0.